The number of hydrogen-bond acceptors (Lipinski definition) is 4. The molecule has 0 bridgehead atoms. The Kier molecular flexibility index (Phi) is 4.03. The number of pyridine rings is 1. The van der Waals surface area contributed by atoms with Crippen LogP contribution in [0.3, 0.4) is 0 Å². The second kappa shape index (κ2) is 5.95. The summed E-state index contributed by atoms with van der Waals surface area (Å²) in [7, 11) is 0. The molecule has 0 radical (unpaired) electrons. The van der Waals surface area contributed by atoms with Crippen LogP contribution in [-0.4, -0.2) is 26.5 Å². The number of aromatic nitrogens is 2. The minimum Gasteiger partial charge on any atom is -0.269 e. The lowest BCUT2D eigenvalue weighted by Gasteiger charge is -2.39. The molecule has 3 heterocycles. The third-order valence-corrected chi connectivity index (χ3v) is 4.26. The van der Waals surface area contributed by atoms with E-state index in [0.717, 1.165) is 5.69 Å². The highest BCUT2D eigenvalue weighted by atomic mass is 16.1. The Morgan fingerprint density at radius 2 is 2.05 bits per heavy atom. The highest BCUT2D eigenvalue weighted by molar-refractivity contribution is 5.37. The fraction of sp³-hybridized carbons (Fsp3) is 0.500. The predicted octanol–water partition coefficient (Wildman–Crippen LogP) is 1.96. The molecule has 112 valence electrons. The van der Waals surface area contributed by atoms with Crippen molar-refractivity contribution in [2.24, 2.45) is 0 Å². The van der Waals surface area contributed by atoms with Gasteiger partial charge in [-0.05, 0) is 38.8 Å². The number of hydrogen-bond donors (Lipinski definition) is 1. The van der Waals surface area contributed by atoms with Crippen molar-refractivity contribution in [3.05, 3.63) is 46.5 Å². The number of hydrazine groups is 1. The van der Waals surface area contributed by atoms with Gasteiger partial charge >= 0.3 is 0 Å². The van der Waals surface area contributed by atoms with Crippen LogP contribution < -0.4 is 11.0 Å². The molecule has 21 heavy (non-hydrogen) atoms. The minimum atomic E-state index is -0.0304. The van der Waals surface area contributed by atoms with Gasteiger partial charge < -0.3 is 0 Å². The molecule has 2 aromatic heterocycles. The fourth-order valence-electron chi connectivity index (χ4n) is 3.10. The highest BCUT2D eigenvalue weighted by Gasteiger charge is 2.24. The van der Waals surface area contributed by atoms with E-state index in [1.54, 1.807) is 16.7 Å². The molecule has 0 saturated carbocycles. The van der Waals surface area contributed by atoms with Gasteiger partial charge in [-0.1, -0.05) is 12.5 Å². The third kappa shape index (κ3) is 2.99. The van der Waals surface area contributed by atoms with Gasteiger partial charge in [0.05, 0.1) is 12.2 Å². The lowest BCUT2D eigenvalue weighted by atomic mass is 10.00. The van der Waals surface area contributed by atoms with E-state index in [2.05, 4.69) is 29.3 Å². The predicted molar refractivity (Wildman–Crippen MR) is 82.9 cm³/mol. The molecule has 0 aliphatic carbocycles. The molecule has 3 rings (SSSR count). The molecular weight excluding hydrogens is 264 g/mol. The first-order valence-electron chi connectivity index (χ1n) is 7.64. The molecular formula is C16H22N4O. The molecule has 5 nitrogen and oxygen atoms in total. The van der Waals surface area contributed by atoms with Gasteiger partial charge in [0, 0.05) is 24.3 Å². The summed E-state index contributed by atoms with van der Waals surface area (Å²) in [4.78, 5) is 16.6. The number of rotatable bonds is 3. The molecule has 2 atom stereocenters. The van der Waals surface area contributed by atoms with Crippen LogP contribution in [0.4, 0.5) is 0 Å². The number of nitrogens with one attached hydrogen (secondary N) is 1. The third-order valence-electron chi connectivity index (χ3n) is 4.26. The Morgan fingerprint density at radius 3 is 2.81 bits per heavy atom. The van der Waals surface area contributed by atoms with E-state index in [1.807, 2.05) is 18.2 Å². The van der Waals surface area contributed by atoms with Crippen LogP contribution in [0.15, 0.2) is 35.3 Å². The first-order chi connectivity index (χ1) is 10.1. The van der Waals surface area contributed by atoms with Crippen LogP contribution >= 0.6 is 0 Å². The van der Waals surface area contributed by atoms with Crippen molar-refractivity contribution in [3.63, 3.8) is 0 Å². The van der Waals surface area contributed by atoms with Gasteiger partial charge in [0.25, 0.3) is 5.56 Å². The Labute approximate surface area is 124 Å². The van der Waals surface area contributed by atoms with E-state index in [-0.39, 0.29) is 5.56 Å². The zero-order chi connectivity index (χ0) is 14.8. The summed E-state index contributed by atoms with van der Waals surface area (Å²) < 4.78 is 1.57. The summed E-state index contributed by atoms with van der Waals surface area (Å²) >= 11 is 0. The van der Waals surface area contributed by atoms with Crippen LogP contribution in [0.2, 0.25) is 0 Å². The first kappa shape index (κ1) is 14.2. The van der Waals surface area contributed by atoms with E-state index < -0.39 is 0 Å². The lowest BCUT2D eigenvalue weighted by Crippen LogP contribution is -2.51. The largest absolute Gasteiger partial charge is 0.269 e. The van der Waals surface area contributed by atoms with E-state index in [0.29, 0.717) is 24.3 Å². The maximum absolute atomic E-state index is 12.1. The first-order valence-corrected chi connectivity index (χ1v) is 7.64. The van der Waals surface area contributed by atoms with Gasteiger partial charge in [0.1, 0.15) is 5.65 Å². The normalized spacial score (nSPS) is 23.5. The maximum atomic E-state index is 12.1. The molecule has 1 saturated heterocycles. The van der Waals surface area contributed by atoms with E-state index in [1.165, 1.54) is 19.3 Å². The summed E-state index contributed by atoms with van der Waals surface area (Å²) in [5.74, 6) is 0. The van der Waals surface area contributed by atoms with Crippen molar-refractivity contribution in [3.8, 4) is 0 Å². The van der Waals surface area contributed by atoms with Gasteiger partial charge in [-0.25, -0.2) is 15.4 Å². The smallest absolute Gasteiger partial charge is 0.258 e. The van der Waals surface area contributed by atoms with Crippen LogP contribution in [-0.2, 0) is 6.54 Å². The van der Waals surface area contributed by atoms with Crippen molar-refractivity contribution in [2.75, 3.05) is 0 Å². The molecule has 1 aliphatic rings. The number of nitrogens with zero attached hydrogens (tertiary/aromatic N) is 3. The summed E-state index contributed by atoms with van der Waals surface area (Å²) in [5, 5.41) is 2.30. The molecule has 0 spiro atoms. The molecule has 0 aromatic carbocycles. The van der Waals surface area contributed by atoms with E-state index in [4.69, 9.17) is 0 Å². The van der Waals surface area contributed by atoms with Gasteiger partial charge in [-0.15, -0.1) is 0 Å². The number of fused-ring (bicyclic) bond motifs is 1. The van der Waals surface area contributed by atoms with E-state index >= 15 is 0 Å². The van der Waals surface area contributed by atoms with Gasteiger partial charge in [-0.2, -0.15) is 0 Å². The summed E-state index contributed by atoms with van der Waals surface area (Å²) in [6.07, 6.45) is 5.46. The second-order valence-corrected chi connectivity index (χ2v) is 5.89. The Morgan fingerprint density at radius 1 is 1.29 bits per heavy atom. The average molecular weight is 286 g/mol. The quantitative estimate of drug-likeness (QED) is 0.937. The Balaban J connectivity index is 1.77. The standard InChI is InChI=1S/C16H22N4O/c1-12-6-5-7-13(2)20(12)17-11-14-10-16(21)19-9-4-3-8-15(19)18-14/h3-4,8-10,12-13,17H,5-7,11H2,1-2H3. The number of piperidine rings is 1. The zero-order valence-electron chi connectivity index (χ0n) is 12.6. The van der Waals surface area contributed by atoms with E-state index in [9.17, 15) is 4.79 Å². The maximum Gasteiger partial charge on any atom is 0.258 e. The summed E-state index contributed by atoms with van der Waals surface area (Å²) in [5.41, 5.74) is 4.91. The van der Waals surface area contributed by atoms with Crippen LogP contribution in [0, 0.1) is 0 Å². The van der Waals surface area contributed by atoms with Crippen LogP contribution in [0.1, 0.15) is 38.8 Å². The molecule has 1 aliphatic heterocycles. The van der Waals surface area contributed by atoms with Gasteiger partial charge in [0.15, 0.2) is 0 Å². The fourth-order valence-corrected chi connectivity index (χ4v) is 3.10. The average Bonchev–Trinajstić information content (AvgIpc) is 2.47. The van der Waals surface area contributed by atoms with Gasteiger partial charge in [0.2, 0.25) is 0 Å². The molecule has 1 N–H and O–H groups in total. The SMILES string of the molecule is CC1CCCC(C)N1NCc1cc(=O)n2ccccc2n1. The van der Waals surface area contributed by atoms with Crippen molar-refractivity contribution in [2.45, 2.75) is 51.7 Å². The van der Waals surface area contributed by atoms with Crippen molar-refractivity contribution in [1.29, 1.82) is 0 Å². The molecule has 2 aromatic rings. The Hall–Kier alpha value is -1.72. The second-order valence-electron chi connectivity index (χ2n) is 5.89. The van der Waals surface area contributed by atoms with Crippen LogP contribution in [0.25, 0.3) is 5.65 Å². The lowest BCUT2D eigenvalue weighted by molar-refractivity contribution is 0.0431. The van der Waals surface area contributed by atoms with Crippen molar-refractivity contribution in [1.82, 2.24) is 19.8 Å². The molecule has 2 unspecified atom stereocenters. The van der Waals surface area contributed by atoms with Gasteiger partial charge in [-0.3, -0.25) is 9.20 Å². The Bertz CT molecular complexity index is 671. The summed E-state index contributed by atoms with van der Waals surface area (Å²) in [6.45, 7) is 5.08. The topological polar surface area (TPSA) is 49.6 Å². The van der Waals surface area contributed by atoms with Crippen molar-refractivity contribution < 1.29 is 0 Å². The minimum absolute atomic E-state index is 0.0304. The molecule has 5 heteroatoms. The molecule has 0 amide bonds. The van der Waals surface area contributed by atoms with Crippen LogP contribution in [0.5, 0.6) is 0 Å². The van der Waals surface area contributed by atoms with Crippen molar-refractivity contribution >= 4 is 5.65 Å². The highest BCUT2D eigenvalue weighted by Crippen LogP contribution is 2.20. The molecule has 1 fully saturated rings. The zero-order valence-corrected chi connectivity index (χ0v) is 12.6. The monoisotopic (exact) mass is 286 g/mol. The summed E-state index contributed by atoms with van der Waals surface area (Å²) in [6, 6.07) is 8.25.